The molecule has 4 nitrogen and oxygen atoms in total. The number of hydrogen-bond donors (Lipinski definition) is 1. The van der Waals surface area contributed by atoms with E-state index in [-0.39, 0.29) is 18.9 Å². The lowest BCUT2D eigenvalue weighted by Crippen LogP contribution is -2.06. The molecule has 1 heterocycles. The van der Waals surface area contributed by atoms with E-state index < -0.39 is 0 Å². The van der Waals surface area contributed by atoms with Crippen LogP contribution >= 0.6 is 0 Å². The molecule has 0 bridgehead atoms. The smallest absolute Gasteiger partial charge is 0.308 e. The maximum Gasteiger partial charge on any atom is 0.308 e. The summed E-state index contributed by atoms with van der Waals surface area (Å²) in [5, 5.41) is 8.45. The Hall–Kier alpha value is -0.610. The maximum atomic E-state index is 10.9. The van der Waals surface area contributed by atoms with E-state index in [4.69, 9.17) is 14.6 Å². The number of rotatable bonds is 6. The molecule has 0 aliphatic carbocycles. The molecule has 1 N–H and O–H groups in total. The van der Waals surface area contributed by atoms with E-state index >= 15 is 0 Å². The van der Waals surface area contributed by atoms with E-state index in [1.807, 2.05) is 0 Å². The fraction of sp³-hybridized carbons (Fsp3) is 0.875. The summed E-state index contributed by atoms with van der Waals surface area (Å²) in [4.78, 5) is 10.9. The highest BCUT2D eigenvalue weighted by atomic mass is 16.8. The number of carbonyl (C=O) groups is 1. The van der Waals surface area contributed by atoms with Crippen LogP contribution in [0.1, 0.15) is 25.7 Å². The molecule has 12 heavy (non-hydrogen) atoms. The third kappa shape index (κ3) is 4.31. The van der Waals surface area contributed by atoms with Gasteiger partial charge in [-0.1, -0.05) is 6.42 Å². The largest absolute Gasteiger partial charge is 0.433 e. The number of epoxide rings is 1. The molecule has 0 amide bonds. The number of hydrogen-bond acceptors (Lipinski definition) is 4. The van der Waals surface area contributed by atoms with Gasteiger partial charge < -0.3 is 14.6 Å². The van der Waals surface area contributed by atoms with Gasteiger partial charge >= 0.3 is 5.97 Å². The summed E-state index contributed by atoms with van der Waals surface area (Å²) in [5.74, 6) is -0.199. The standard InChI is InChI=1S/C8H14O4/c9-5-3-1-2-4-7(10)12-8-6-11-8/h8-9H,1-6H2. The van der Waals surface area contributed by atoms with E-state index in [9.17, 15) is 4.79 Å². The molecule has 1 saturated heterocycles. The van der Waals surface area contributed by atoms with Crippen molar-refractivity contribution in [2.24, 2.45) is 0 Å². The summed E-state index contributed by atoms with van der Waals surface area (Å²) in [5.41, 5.74) is 0. The zero-order valence-corrected chi connectivity index (χ0v) is 6.99. The number of ether oxygens (including phenoxy) is 2. The monoisotopic (exact) mass is 174 g/mol. The average molecular weight is 174 g/mol. The molecule has 0 spiro atoms. The van der Waals surface area contributed by atoms with Gasteiger partial charge in [0.1, 0.15) is 6.61 Å². The van der Waals surface area contributed by atoms with Gasteiger partial charge in [0.05, 0.1) is 0 Å². The Morgan fingerprint density at radius 2 is 2.25 bits per heavy atom. The second-order valence-corrected chi connectivity index (χ2v) is 2.79. The molecule has 4 heteroatoms. The average Bonchev–Trinajstić information content (AvgIpc) is 2.82. The maximum absolute atomic E-state index is 10.9. The zero-order valence-electron chi connectivity index (χ0n) is 6.99. The van der Waals surface area contributed by atoms with Gasteiger partial charge in [-0.2, -0.15) is 0 Å². The zero-order chi connectivity index (χ0) is 8.81. The van der Waals surface area contributed by atoms with E-state index in [2.05, 4.69) is 0 Å². The summed E-state index contributed by atoms with van der Waals surface area (Å²) < 4.78 is 9.54. The predicted octanol–water partition coefficient (Wildman–Crippen LogP) is 0.439. The van der Waals surface area contributed by atoms with E-state index in [1.165, 1.54) is 0 Å². The van der Waals surface area contributed by atoms with Crippen LogP contribution < -0.4 is 0 Å². The van der Waals surface area contributed by atoms with Gasteiger partial charge in [-0.3, -0.25) is 4.79 Å². The molecule has 1 atom stereocenters. The highest BCUT2D eigenvalue weighted by Crippen LogP contribution is 2.12. The molecule has 70 valence electrons. The first kappa shape index (κ1) is 9.48. The Kier molecular flexibility index (Phi) is 4.04. The quantitative estimate of drug-likeness (QED) is 0.360. The lowest BCUT2D eigenvalue weighted by molar-refractivity contribution is -0.148. The van der Waals surface area contributed by atoms with Crippen molar-refractivity contribution in [1.82, 2.24) is 0 Å². The molecule has 1 unspecified atom stereocenters. The molecule has 1 fully saturated rings. The lowest BCUT2D eigenvalue weighted by atomic mass is 10.2. The molecule has 0 aromatic heterocycles. The van der Waals surface area contributed by atoms with Gasteiger partial charge in [-0.05, 0) is 12.8 Å². The van der Waals surface area contributed by atoms with Gasteiger partial charge in [0, 0.05) is 13.0 Å². The number of aliphatic hydroxyl groups is 1. The van der Waals surface area contributed by atoms with Crippen molar-refractivity contribution in [3.05, 3.63) is 0 Å². The predicted molar refractivity (Wildman–Crippen MR) is 41.4 cm³/mol. The normalized spacial score (nSPS) is 20.6. The fourth-order valence-corrected chi connectivity index (χ4v) is 0.871. The lowest BCUT2D eigenvalue weighted by Gasteiger charge is -1.99. The van der Waals surface area contributed by atoms with Crippen LogP contribution in [0.25, 0.3) is 0 Å². The SMILES string of the molecule is O=C(CCCCCO)OC1CO1. The number of carbonyl (C=O) groups excluding carboxylic acids is 1. The molecule has 1 aliphatic heterocycles. The number of unbranched alkanes of at least 4 members (excludes halogenated alkanes) is 2. The van der Waals surface area contributed by atoms with Gasteiger partial charge in [0.15, 0.2) is 0 Å². The first-order chi connectivity index (χ1) is 5.83. The molecule has 0 aromatic carbocycles. The Balaban J connectivity index is 1.87. The van der Waals surface area contributed by atoms with Crippen LogP contribution in [-0.4, -0.2) is 30.6 Å². The van der Waals surface area contributed by atoms with E-state index in [1.54, 1.807) is 0 Å². The highest BCUT2D eigenvalue weighted by molar-refractivity contribution is 5.69. The Labute approximate surface area is 71.5 Å². The van der Waals surface area contributed by atoms with Crippen molar-refractivity contribution >= 4 is 5.97 Å². The van der Waals surface area contributed by atoms with E-state index in [0.29, 0.717) is 13.0 Å². The number of aliphatic hydroxyl groups excluding tert-OH is 1. The van der Waals surface area contributed by atoms with Crippen LogP contribution in [0.2, 0.25) is 0 Å². The minimum atomic E-state index is -0.268. The molecular weight excluding hydrogens is 160 g/mol. The molecular formula is C8H14O4. The van der Waals surface area contributed by atoms with E-state index in [0.717, 1.165) is 19.3 Å². The second kappa shape index (κ2) is 5.11. The molecule has 0 saturated carbocycles. The molecule has 1 aliphatic rings. The third-order valence-corrected chi connectivity index (χ3v) is 1.60. The van der Waals surface area contributed by atoms with Crippen molar-refractivity contribution in [2.75, 3.05) is 13.2 Å². The Bertz CT molecular complexity index is 142. The van der Waals surface area contributed by atoms with Gasteiger partial charge in [0.2, 0.25) is 6.29 Å². The fourth-order valence-electron chi connectivity index (χ4n) is 0.871. The van der Waals surface area contributed by atoms with Crippen molar-refractivity contribution in [3.63, 3.8) is 0 Å². The summed E-state index contributed by atoms with van der Waals surface area (Å²) >= 11 is 0. The Morgan fingerprint density at radius 1 is 1.50 bits per heavy atom. The second-order valence-electron chi connectivity index (χ2n) is 2.79. The minimum absolute atomic E-state index is 0.195. The summed E-state index contributed by atoms with van der Waals surface area (Å²) in [7, 11) is 0. The van der Waals surface area contributed by atoms with Gasteiger partial charge in [0.25, 0.3) is 0 Å². The summed E-state index contributed by atoms with van der Waals surface area (Å²) in [6.45, 7) is 0.739. The van der Waals surface area contributed by atoms with Crippen LogP contribution in [0.4, 0.5) is 0 Å². The van der Waals surface area contributed by atoms with Crippen LogP contribution in [0, 0.1) is 0 Å². The molecule has 0 aromatic rings. The van der Waals surface area contributed by atoms with Crippen LogP contribution in [-0.2, 0) is 14.3 Å². The minimum Gasteiger partial charge on any atom is -0.433 e. The summed E-state index contributed by atoms with van der Waals surface area (Å²) in [6.07, 6.45) is 2.58. The highest BCUT2D eigenvalue weighted by Gasteiger charge is 2.26. The number of esters is 1. The third-order valence-electron chi connectivity index (χ3n) is 1.60. The molecule has 1 rings (SSSR count). The Morgan fingerprint density at radius 3 is 2.83 bits per heavy atom. The first-order valence-electron chi connectivity index (χ1n) is 4.25. The topological polar surface area (TPSA) is 59.1 Å². The summed E-state index contributed by atoms with van der Waals surface area (Å²) in [6, 6.07) is 0. The molecule has 0 radical (unpaired) electrons. The van der Waals surface area contributed by atoms with Crippen LogP contribution in [0.5, 0.6) is 0 Å². The van der Waals surface area contributed by atoms with Crippen LogP contribution in [0.15, 0.2) is 0 Å². The van der Waals surface area contributed by atoms with Crippen molar-refractivity contribution in [1.29, 1.82) is 0 Å². The van der Waals surface area contributed by atoms with Crippen LogP contribution in [0.3, 0.4) is 0 Å². The van der Waals surface area contributed by atoms with Crippen molar-refractivity contribution in [3.8, 4) is 0 Å². The van der Waals surface area contributed by atoms with Crippen molar-refractivity contribution in [2.45, 2.75) is 32.0 Å². The first-order valence-corrected chi connectivity index (χ1v) is 4.25. The van der Waals surface area contributed by atoms with Crippen molar-refractivity contribution < 1.29 is 19.4 Å². The van der Waals surface area contributed by atoms with Gasteiger partial charge in [-0.25, -0.2) is 0 Å². The van der Waals surface area contributed by atoms with Gasteiger partial charge in [-0.15, -0.1) is 0 Å².